The van der Waals surface area contributed by atoms with Gasteiger partial charge in [-0.2, -0.15) is 18.2 Å². The first-order valence-electron chi connectivity index (χ1n) is 8.96. The molecule has 3 aromatic rings. The van der Waals surface area contributed by atoms with Crippen LogP contribution in [-0.4, -0.2) is 30.0 Å². The van der Waals surface area contributed by atoms with Crippen LogP contribution in [0, 0.1) is 0 Å². The van der Waals surface area contributed by atoms with Crippen LogP contribution in [0.15, 0.2) is 47.0 Å². The summed E-state index contributed by atoms with van der Waals surface area (Å²) in [7, 11) is 0. The quantitative estimate of drug-likeness (QED) is 0.538. The molecule has 9 heteroatoms. The topological polar surface area (TPSA) is 60.2 Å². The number of benzene rings is 2. The van der Waals surface area contributed by atoms with E-state index in [0.29, 0.717) is 5.56 Å². The number of hydrogen-bond acceptors (Lipinski definition) is 5. The molecule has 29 heavy (non-hydrogen) atoms. The Morgan fingerprint density at radius 1 is 1.07 bits per heavy atom. The summed E-state index contributed by atoms with van der Waals surface area (Å²) in [6, 6.07) is 10.8. The first-order valence-corrected chi connectivity index (χ1v) is 8.96. The molecule has 0 unspecified atom stereocenters. The molecular weight excluding hydrogens is 390 g/mol. The average Bonchev–Trinajstić information content (AvgIpc) is 3.20. The summed E-state index contributed by atoms with van der Waals surface area (Å²) < 4.78 is 62.2. The first kappa shape index (κ1) is 20.8. The van der Waals surface area contributed by atoms with Crippen molar-refractivity contribution in [2.75, 3.05) is 19.8 Å². The Balaban J connectivity index is 1.86. The Morgan fingerprint density at radius 2 is 1.79 bits per heavy atom. The molecule has 0 saturated carbocycles. The van der Waals surface area contributed by atoms with Crippen molar-refractivity contribution in [1.29, 1.82) is 0 Å². The van der Waals surface area contributed by atoms with Crippen molar-refractivity contribution in [2.45, 2.75) is 19.6 Å². The largest absolute Gasteiger partial charge is 0.490 e. The fourth-order valence-corrected chi connectivity index (χ4v) is 2.66. The maximum atomic E-state index is 13.3. The molecule has 1 aromatic heterocycles. The van der Waals surface area contributed by atoms with Crippen molar-refractivity contribution >= 4 is 0 Å². The van der Waals surface area contributed by atoms with Crippen LogP contribution in [-0.2, 0) is 12.7 Å². The van der Waals surface area contributed by atoms with Gasteiger partial charge in [0.2, 0.25) is 5.82 Å². The van der Waals surface area contributed by atoms with E-state index in [-0.39, 0.29) is 17.3 Å². The molecule has 1 heterocycles. The molecule has 154 valence electrons. The van der Waals surface area contributed by atoms with Crippen LogP contribution in [0.5, 0.6) is 5.75 Å². The van der Waals surface area contributed by atoms with E-state index in [1.807, 2.05) is 31.2 Å². The van der Waals surface area contributed by atoms with E-state index in [2.05, 4.69) is 15.5 Å². The Kier molecular flexibility index (Phi) is 6.48. The summed E-state index contributed by atoms with van der Waals surface area (Å²) in [6.07, 6.45) is -4.67. The van der Waals surface area contributed by atoms with Gasteiger partial charge in [-0.05, 0) is 30.3 Å². The van der Waals surface area contributed by atoms with Gasteiger partial charge in [0, 0.05) is 17.7 Å². The monoisotopic (exact) mass is 409 g/mol. The minimum absolute atomic E-state index is 0.0562. The van der Waals surface area contributed by atoms with Crippen molar-refractivity contribution < 1.29 is 26.8 Å². The lowest BCUT2D eigenvalue weighted by Crippen LogP contribution is -2.11. The van der Waals surface area contributed by atoms with Crippen LogP contribution in [0.25, 0.3) is 22.8 Å². The van der Waals surface area contributed by atoms with Gasteiger partial charge in [-0.15, -0.1) is 0 Å². The summed E-state index contributed by atoms with van der Waals surface area (Å²) in [5.41, 5.74) is 0.820. The van der Waals surface area contributed by atoms with Crippen molar-refractivity contribution in [3.8, 4) is 28.6 Å². The predicted molar refractivity (Wildman–Crippen MR) is 99.0 cm³/mol. The second-order valence-electron chi connectivity index (χ2n) is 6.15. The minimum Gasteiger partial charge on any atom is -0.490 e. The third-order valence-electron chi connectivity index (χ3n) is 4.08. The van der Waals surface area contributed by atoms with Gasteiger partial charge < -0.3 is 14.6 Å². The third-order valence-corrected chi connectivity index (χ3v) is 4.08. The maximum absolute atomic E-state index is 13.3. The van der Waals surface area contributed by atoms with Crippen molar-refractivity contribution in [2.24, 2.45) is 0 Å². The molecule has 0 bridgehead atoms. The molecule has 0 radical (unpaired) electrons. The number of rotatable bonds is 8. The van der Waals surface area contributed by atoms with Crippen LogP contribution in [0.2, 0.25) is 0 Å². The molecule has 0 amide bonds. The lowest BCUT2D eigenvalue weighted by atomic mass is 10.1. The van der Waals surface area contributed by atoms with Crippen molar-refractivity contribution in [3.63, 3.8) is 0 Å². The number of halogens is 4. The molecule has 0 aliphatic heterocycles. The summed E-state index contributed by atoms with van der Waals surface area (Å²) >= 11 is 0. The minimum atomic E-state index is -4.67. The Bertz CT molecular complexity index is 940. The van der Waals surface area contributed by atoms with E-state index in [0.717, 1.165) is 30.8 Å². The first-order chi connectivity index (χ1) is 13.9. The number of alkyl halides is 4. The average molecular weight is 409 g/mol. The normalized spacial score (nSPS) is 11.6. The molecule has 0 fully saturated rings. The number of ether oxygens (including phenoxy) is 1. The van der Waals surface area contributed by atoms with E-state index in [1.54, 1.807) is 0 Å². The second kappa shape index (κ2) is 9.04. The van der Waals surface area contributed by atoms with Crippen LogP contribution in [0.1, 0.15) is 18.1 Å². The molecule has 0 saturated heterocycles. The van der Waals surface area contributed by atoms with E-state index in [1.165, 1.54) is 6.07 Å². The highest BCUT2D eigenvalue weighted by Crippen LogP contribution is 2.38. The Labute approximate surface area is 164 Å². The summed E-state index contributed by atoms with van der Waals surface area (Å²) in [4.78, 5) is 4.20. The molecular formula is C20H19F4N3O2. The van der Waals surface area contributed by atoms with Gasteiger partial charge in [0.25, 0.3) is 5.89 Å². The summed E-state index contributed by atoms with van der Waals surface area (Å²) in [5.74, 6) is -0.240. The second-order valence-corrected chi connectivity index (χ2v) is 6.15. The predicted octanol–water partition coefficient (Wildman–Crippen LogP) is 4.88. The highest BCUT2D eigenvalue weighted by Gasteiger charge is 2.35. The fourth-order valence-electron chi connectivity index (χ4n) is 2.66. The van der Waals surface area contributed by atoms with Crippen molar-refractivity contribution in [1.82, 2.24) is 15.5 Å². The van der Waals surface area contributed by atoms with Gasteiger partial charge in [-0.25, -0.2) is 4.39 Å². The van der Waals surface area contributed by atoms with Crippen LogP contribution in [0.3, 0.4) is 0 Å². The summed E-state index contributed by atoms with van der Waals surface area (Å²) in [6.45, 7) is 2.24. The number of nitrogens with one attached hydrogen (secondary N) is 1. The summed E-state index contributed by atoms with van der Waals surface area (Å²) in [5, 5.41) is 7.07. The number of aromatic nitrogens is 2. The zero-order valence-electron chi connectivity index (χ0n) is 15.6. The smallest absolute Gasteiger partial charge is 0.419 e. The highest BCUT2D eigenvalue weighted by molar-refractivity contribution is 5.62. The van der Waals surface area contributed by atoms with Gasteiger partial charge in [0.05, 0.1) is 5.56 Å². The van der Waals surface area contributed by atoms with Gasteiger partial charge >= 0.3 is 6.18 Å². The fraction of sp³-hybridized carbons (Fsp3) is 0.300. The van der Waals surface area contributed by atoms with Crippen LogP contribution >= 0.6 is 0 Å². The third kappa shape index (κ3) is 5.11. The molecule has 0 aliphatic carbocycles. The maximum Gasteiger partial charge on any atom is 0.419 e. The molecule has 5 nitrogen and oxygen atoms in total. The zero-order valence-corrected chi connectivity index (χ0v) is 15.6. The number of hydrogen-bond donors (Lipinski definition) is 1. The molecule has 3 rings (SSSR count). The van der Waals surface area contributed by atoms with Gasteiger partial charge in [0.1, 0.15) is 19.0 Å². The Hall–Kier alpha value is -2.94. The van der Waals surface area contributed by atoms with Gasteiger partial charge in [-0.1, -0.05) is 36.3 Å². The van der Waals surface area contributed by atoms with E-state index in [9.17, 15) is 17.6 Å². The highest BCUT2D eigenvalue weighted by atomic mass is 19.4. The SMILES string of the molecule is CCNCc1ccc(-c2noc(-c3ccc(OCCF)c(C(F)(F)F)c3)n2)cc1. The molecule has 1 N–H and O–H groups in total. The van der Waals surface area contributed by atoms with Crippen LogP contribution in [0.4, 0.5) is 17.6 Å². The molecule has 0 atom stereocenters. The molecule has 2 aromatic carbocycles. The van der Waals surface area contributed by atoms with Gasteiger partial charge in [-0.3, -0.25) is 0 Å². The molecule has 0 spiro atoms. The lowest BCUT2D eigenvalue weighted by Gasteiger charge is -2.13. The Morgan fingerprint density at radius 3 is 2.45 bits per heavy atom. The van der Waals surface area contributed by atoms with Crippen LogP contribution < -0.4 is 10.1 Å². The molecule has 0 aliphatic rings. The lowest BCUT2D eigenvalue weighted by molar-refractivity contribution is -0.138. The van der Waals surface area contributed by atoms with E-state index in [4.69, 9.17) is 9.26 Å². The van der Waals surface area contributed by atoms with Gasteiger partial charge in [0.15, 0.2) is 0 Å². The zero-order chi connectivity index (χ0) is 20.9. The van der Waals surface area contributed by atoms with E-state index < -0.39 is 30.8 Å². The van der Waals surface area contributed by atoms with E-state index >= 15 is 0 Å². The standard InChI is InChI=1S/C20H19F4N3O2/c1-2-25-12-13-3-5-14(6-4-13)18-26-19(29-27-18)15-7-8-17(28-10-9-21)16(11-15)20(22,23)24/h3-8,11,25H,2,9-10,12H2,1H3. The number of nitrogens with zero attached hydrogens (tertiary/aromatic N) is 2. The van der Waals surface area contributed by atoms with Crippen molar-refractivity contribution in [3.05, 3.63) is 53.6 Å².